The van der Waals surface area contributed by atoms with Crippen LogP contribution in [0.15, 0.2) is 42.7 Å². The van der Waals surface area contributed by atoms with Gasteiger partial charge in [0.25, 0.3) is 5.78 Å². The molecule has 3 heterocycles. The molecule has 0 bridgehead atoms. The van der Waals surface area contributed by atoms with E-state index < -0.39 is 24.7 Å². The molecule has 3 aromatic rings. The van der Waals surface area contributed by atoms with Crippen LogP contribution < -0.4 is 5.32 Å². The zero-order chi connectivity index (χ0) is 19.0. The number of carbonyl (C=O) groups is 1. The second kappa shape index (κ2) is 6.53. The van der Waals surface area contributed by atoms with Gasteiger partial charge >= 0.3 is 6.18 Å². The average Bonchev–Trinajstić information content (AvgIpc) is 3.23. The van der Waals surface area contributed by atoms with Gasteiger partial charge in [-0.1, -0.05) is 30.3 Å². The summed E-state index contributed by atoms with van der Waals surface area (Å²) < 4.78 is 39.2. The van der Waals surface area contributed by atoms with Crippen molar-refractivity contribution in [2.75, 3.05) is 18.4 Å². The molecule has 1 amide bonds. The Hall–Kier alpha value is -3.17. The van der Waals surface area contributed by atoms with Crippen LogP contribution in [-0.4, -0.2) is 55.7 Å². The fourth-order valence-corrected chi connectivity index (χ4v) is 3.10. The van der Waals surface area contributed by atoms with E-state index in [9.17, 15) is 18.0 Å². The van der Waals surface area contributed by atoms with Gasteiger partial charge in [-0.05, 0) is 6.42 Å². The van der Waals surface area contributed by atoms with E-state index in [1.807, 2.05) is 30.3 Å². The Bertz CT molecular complexity index is 972. The van der Waals surface area contributed by atoms with Crippen LogP contribution in [0.2, 0.25) is 0 Å². The summed E-state index contributed by atoms with van der Waals surface area (Å²) in [5, 5.41) is 7.08. The largest absolute Gasteiger partial charge is 0.406 e. The van der Waals surface area contributed by atoms with Crippen LogP contribution in [0.3, 0.4) is 0 Å². The molecule has 4 rings (SSSR count). The molecule has 0 aliphatic carbocycles. The summed E-state index contributed by atoms with van der Waals surface area (Å²) in [4.78, 5) is 21.6. The molecule has 1 aliphatic heterocycles. The number of likely N-dealkylation sites (tertiary alicyclic amines) is 1. The van der Waals surface area contributed by atoms with Gasteiger partial charge in [0.1, 0.15) is 24.7 Å². The highest BCUT2D eigenvalue weighted by Crippen LogP contribution is 2.25. The molecule has 1 aromatic carbocycles. The Morgan fingerprint density at radius 1 is 1.22 bits per heavy atom. The summed E-state index contributed by atoms with van der Waals surface area (Å²) in [7, 11) is 0. The van der Waals surface area contributed by atoms with Gasteiger partial charge in [0.05, 0.1) is 5.69 Å². The fourth-order valence-electron chi connectivity index (χ4n) is 3.10. The lowest BCUT2D eigenvalue weighted by Crippen LogP contribution is -2.39. The number of carbonyl (C=O) groups excluding carboxylic acids is 1. The Morgan fingerprint density at radius 2 is 2.00 bits per heavy atom. The first-order chi connectivity index (χ1) is 12.9. The topological polar surface area (TPSA) is 75.4 Å². The van der Waals surface area contributed by atoms with Crippen LogP contribution in [0.5, 0.6) is 0 Å². The molecule has 140 valence electrons. The van der Waals surface area contributed by atoms with E-state index in [0.717, 1.165) is 10.5 Å². The van der Waals surface area contributed by atoms with Gasteiger partial charge in [-0.25, -0.2) is 4.98 Å². The van der Waals surface area contributed by atoms with E-state index in [4.69, 9.17) is 0 Å². The predicted molar refractivity (Wildman–Crippen MR) is 90.9 cm³/mol. The fraction of sp³-hybridized carbons (Fsp3) is 0.294. The Morgan fingerprint density at radius 3 is 2.74 bits per heavy atom. The maximum Gasteiger partial charge on any atom is 0.406 e. The molecule has 10 heteroatoms. The molecular formula is C17H15F3N6O. The minimum absolute atomic E-state index is 0.0487. The SMILES string of the molecule is O=C1C(Nc2cc(-c3ccccc3)nc3ncnn23)CCN1CC(F)(F)F. The number of benzene rings is 1. The molecule has 1 N–H and O–H groups in total. The van der Waals surface area contributed by atoms with E-state index >= 15 is 0 Å². The Kier molecular flexibility index (Phi) is 4.17. The van der Waals surface area contributed by atoms with Crippen LogP contribution >= 0.6 is 0 Å². The van der Waals surface area contributed by atoms with Gasteiger partial charge in [-0.2, -0.15) is 27.8 Å². The molecule has 1 fully saturated rings. The lowest BCUT2D eigenvalue weighted by Gasteiger charge is -2.19. The average molecular weight is 376 g/mol. The molecule has 7 nitrogen and oxygen atoms in total. The van der Waals surface area contributed by atoms with E-state index in [2.05, 4.69) is 20.4 Å². The van der Waals surface area contributed by atoms with Gasteiger partial charge in [-0.15, -0.1) is 0 Å². The van der Waals surface area contributed by atoms with Crippen molar-refractivity contribution in [3.8, 4) is 11.3 Å². The molecule has 2 aromatic heterocycles. The third kappa shape index (κ3) is 3.55. The zero-order valence-corrected chi connectivity index (χ0v) is 14.0. The smallest absolute Gasteiger partial charge is 0.358 e. The standard InChI is InChI=1S/C17H15F3N6O/c18-17(19,20)9-25-7-6-12(15(25)27)23-14-8-13(11-4-2-1-3-5-11)24-16-21-10-22-26(14)16/h1-5,8,10,12,23H,6-7,9H2. The van der Waals surface area contributed by atoms with Gasteiger partial charge in [0, 0.05) is 18.2 Å². The summed E-state index contributed by atoms with van der Waals surface area (Å²) in [5.74, 6) is 0.193. The summed E-state index contributed by atoms with van der Waals surface area (Å²) >= 11 is 0. The highest BCUT2D eigenvalue weighted by atomic mass is 19.4. The minimum Gasteiger partial charge on any atom is -0.358 e. The van der Waals surface area contributed by atoms with Crippen molar-refractivity contribution >= 4 is 17.5 Å². The number of amides is 1. The van der Waals surface area contributed by atoms with E-state index in [-0.39, 0.29) is 13.0 Å². The Labute approximate surface area is 151 Å². The van der Waals surface area contributed by atoms with Crippen molar-refractivity contribution in [3.05, 3.63) is 42.7 Å². The number of hydrogen-bond acceptors (Lipinski definition) is 5. The van der Waals surface area contributed by atoms with Crippen LogP contribution in [0.4, 0.5) is 19.0 Å². The monoisotopic (exact) mass is 376 g/mol. The van der Waals surface area contributed by atoms with Gasteiger partial charge in [-0.3, -0.25) is 4.79 Å². The normalized spacial score (nSPS) is 17.7. The lowest BCUT2D eigenvalue weighted by atomic mass is 10.1. The number of nitrogens with zero attached hydrogens (tertiary/aromatic N) is 5. The maximum atomic E-state index is 12.6. The molecule has 0 saturated carbocycles. The first kappa shape index (κ1) is 17.3. The maximum absolute atomic E-state index is 12.6. The number of halogens is 3. The van der Waals surface area contributed by atoms with Crippen molar-refractivity contribution in [3.63, 3.8) is 0 Å². The molecule has 1 atom stereocenters. The molecule has 1 aliphatic rings. The van der Waals surface area contributed by atoms with Crippen LogP contribution in [0.25, 0.3) is 17.0 Å². The van der Waals surface area contributed by atoms with Crippen LogP contribution in [0.1, 0.15) is 6.42 Å². The molecule has 27 heavy (non-hydrogen) atoms. The molecule has 0 radical (unpaired) electrons. The van der Waals surface area contributed by atoms with Gasteiger partial charge in [0.15, 0.2) is 0 Å². The number of anilines is 1. The van der Waals surface area contributed by atoms with Crippen molar-refractivity contribution in [1.82, 2.24) is 24.5 Å². The van der Waals surface area contributed by atoms with Crippen LogP contribution in [-0.2, 0) is 4.79 Å². The predicted octanol–water partition coefficient (Wildman–Crippen LogP) is 2.37. The van der Waals surface area contributed by atoms with Crippen molar-refractivity contribution in [2.24, 2.45) is 0 Å². The first-order valence-electron chi connectivity index (χ1n) is 8.29. The highest BCUT2D eigenvalue weighted by molar-refractivity contribution is 5.86. The number of nitrogens with one attached hydrogen (secondary N) is 1. The number of hydrogen-bond donors (Lipinski definition) is 1. The van der Waals surface area contributed by atoms with Crippen LogP contribution in [0, 0.1) is 0 Å². The van der Waals surface area contributed by atoms with Gasteiger partial charge in [0.2, 0.25) is 5.91 Å². The highest BCUT2D eigenvalue weighted by Gasteiger charge is 2.39. The number of rotatable bonds is 4. The van der Waals surface area contributed by atoms with E-state index in [1.54, 1.807) is 6.07 Å². The zero-order valence-electron chi connectivity index (χ0n) is 14.0. The first-order valence-corrected chi connectivity index (χ1v) is 8.29. The molecule has 1 saturated heterocycles. The van der Waals surface area contributed by atoms with Crippen molar-refractivity contribution in [1.29, 1.82) is 0 Å². The van der Waals surface area contributed by atoms with Crippen molar-refractivity contribution < 1.29 is 18.0 Å². The van der Waals surface area contributed by atoms with E-state index in [0.29, 0.717) is 17.3 Å². The molecule has 1 unspecified atom stereocenters. The Balaban J connectivity index is 1.62. The number of aromatic nitrogens is 4. The number of alkyl halides is 3. The molecule has 0 spiro atoms. The third-order valence-corrected chi connectivity index (χ3v) is 4.31. The summed E-state index contributed by atoms with van der Waals surface area (Å²) in [6.07, 6.45) is -2.82. The summed E-state index contributed by atoms with van der Waals surface area (Å²) in [5.41, 5.74) is 1.47. The second-order valence-electron chi connectivity index (χ2n) is 6.23. The lowest BCUT2D eigenvalue weighted by molar-refractivity contribution is -0.157. The summed E-state index contributed by atoms with van der Waals surface area (Å²) in [6.45, 7) is -1.19. The summed E-state index contributed by atoms with van der Waals surface area (Å²) in [6, 6.07) is 10.3. The van der Waals surface area contributed by atoms with Crippen molar-refractivity contribution in [2.45, 2.75) is 18.6 Å². The number of fused-ring (bicyclic) bond motifs is 1. The van der Waals surface area contributed by atoms with Gasteiger partial charge < -0.3 is 10.2 Å². The third-order valence-electron chi connectivity index (χ3n) is 4.31. The minimum atomic E-state index is -4.42. The quantitative estimate of drug-likeness (QED) is 0.757. The molecular weight excluding hydrogens is 361 g/mol. The van der Waals surface area contributed by atoms with E-state index in [1.165, 1.54) is 10.8 Å². The second-order valence-corrected chi connectivity index (χ2v) is 6.23.